The predicted octanol–water partition coefficient (Wildman–Crippen LogP) is 2.77. The number of carbonyl (C=O) groups is 2. The molecular formula is C17H10ClFN2O3. The maximum absolute atomic E-state index is 13.1. The molecule has 2 aromatic rings. The van der Waals surface area contributed by atoms with E-state index in [2.05, 4.69) is 5.16 Å². The highest BCUT2D eigenvalue weighted by Crippen LogP contribution is 2.35. The molecule has 2 aliphatic rings. The van der Waals surface area contributed by atoms with Crippen LogP contribution in [0.2, 0.25) is 5.02 Å². The van der Waals surface area contributed by atoms with Gasteiger partial charge in [0.05, 0.1) is 5.69 Å². The number of carbonyl (C=O) groups excluding carboxylic acids is 2. The predicted molar refractivity (Wildman–Crippen MR) is 85.2 cm³/mol. The van der Waals surface area contributed by atoms with Crippen LogP contribution >= 0.6 is 11.6 Å². The summed E-state index contributed by atoms with van der Waals surface area (Å²) >= 11 is 5.94. The third-order valence-electron chi connectivity index (χ3n) is 4.02. The number of fused-ring (bicyclic) bond motifs is 1. The van der Waals surface area contributed by atoms with Crippen LogP contribution in [0.5, 0.6) is 0 Å². The summed E-state index contributed by atoms with van der Waals surface area (Å²) in [6.07, 6.45) is -1.00. The van der Waals surface area contributed by atoms with Crippen LogP contribution in [0.15, 0.2) is 53.7 Å². The van der Waals surface area contributed by atoms with Crippen LogP contribution in [-0.4, -0.2) is 23.6 Å². The van der Waals surface area contributed by atoms with Gasteiger partial charge in [0.1, 0.15) is 17.4 Å². The molecular weight excluding hydrogens is 335 g/mol. The summed E-state index contributed by atoms with van der Waals surface area (Å²) in [5.41, 5.74) is 1.25. The van der Waals surface area contributed by atoms with Crippen LogP contribution in [0.25, 0.3) is 0 Å². The van der Waals surface area contributed by atoms with Crippen molar-refractivity contribution in [3.63, 3.8) is 0 Å². The van der Waals surface area contributed by atoms with Crippen LogP contribution in [0.4, 0.5) is 10.1 Å². The molecule has 2 heterocycles. The fourth-order valence-corrected chi connectivity index (χ4v) is 3.09. The first-order valence-electron chi connectivity index (χ1n) is 7.19. The summed E-state index contributed by atoms with van der Waals surface area (Å²) in [6.45, 7) is 0. The highest BCUT2D eigenvalue weighted by Gasteiger charge is 2.56. The molecule has 4 rings (SSSR count). The van der Waals surface area contributed by atoms with Crippen molar-refractivity contribution in [2.75, 3.05) is 4.90 Å². The molecule has 5 nitrogen and oxygen atoms in total. The number of halogens is 2. The Kier molecular flexibility index (Phi) is 3.35. The maximum Gasteiger partial charge on any atom is 0.278 e. The summed E-state index contributed by atoms with van der Waals surface area (Å²) in [7, 11) is 0. The Morgan fingerprint density at radius 1 is 1.08 bits per heavy atom. The van der Waals surface area contributed by atoms with E-state index in [4.69, 9.17) is 16.4 Å². The number of anilines is 1. The average molecular weight is 345 g/mol. The minimum atomic E-state index is -1.00. The van der Waals surface area contributed by atoms with Crippen molar-refractivity contribution in [1.29, 1.82) is 0 Å². The molecule has 0 saturated carbocycles. The van der Waals surface area contributed by atoms with Gasteiger partial charge in [-0.3, -0.25) is 9.59 Å². The Morgan fingerprint density at radius 3 is 2.54 bits per heavy atom. The normalized spacial score (nSPS) is 22.4. The highest BCUT2D eigenvalue weighted by molar-refractivity contribution is 6.34. The molecule has 24 heavy (non-hydrogen) atoms. The van der Waals surface area contributed by atoms with Crippen LogP contribution in [-0.2, 0) is 14.4 Å². The standard InChI is InChI=1S/C17H10ClFN2O3/c18-10-2-1-3-12(8-10)21-16(22)13-14(20-24-15(13)17(21)23)9-4-6-11(19)7-5-9/h1-8,13,15H. The van der Waals surface area contributed by atoms with E-state index in [1.807, 2.05) is 0 Å². The molecule has 120 valence electrons. The SMILES string of the molecule is O=C1C2ON=C(c3ccc(F)cc3)C2C(=O)N1c1cccc(Cl)c1. The Labute approximate surface area is 141 Å². The summed E-state index contributed by atoms with van der Waals surface area (Å²) in [5, 5.41) is 4.28. The maximum atomic E-state index is 13.1. The van der Waals surface area contributed by atoms with Crippen molar-refractivity contribution in [2.45, 2.75) is 6.10 Å². The Morgan fingerprint density at radius 2 is 1.83 bits per heavy atom. The van der Waals surface area contributed by atoms with Crippen molar-refractivity contribution in [1.82, 2.24) is 0 Å². The van der Waals surface area contributed by atoms with E-state index in [0.717, 1.165) is 4.90 Å². The highest BCUT2D eigenvalue weighted by atomic mass is 35.5. The van der Waals surface area contributed by atoms with Gasteiger partial charge in [-0.1, -0.05) is 35.0 Å². The second kappa shape index (κ2) is 5.42. The summed E-state index contributed by atoms with van der Waals surface area (Å²) in [5.74, 6) is -2.17. The van der Waals surface area contributed by atoms with Crippen molar-refractivity contribution in [3.8, 4) is 0 Å². The number of imide groups is 1. The van der Waals surface area contributed by atoms with Crippen molar-refractivity contribution in [2.24, 2.45) is 11.1 Å². The second-order valence-corrected chi connectivity index (χ2v) is 5.92. The van der Waals surface area contributed by atoms with Gasteiger partial charge in [0.25, 0.3) is 5.91 Å². The lowest BCUT2D eigenvalue weighted by Crippen LogP contribution is -2.33. The van der Waals surface area contributed by atoms with Gasteiger partial charge in [0.2, 0.25) is 12.0 Å². The lowest BCUT2D eigenvalue weighted by atomic mass is 9.94. The van der Waals surface area contributed by atoms with E-state index in [1.54, 1.807) is 18.2 Å². The molecule has 0 spiro atoms. The monoisotopic (exact) mass is 344 g/mol. The first kappa shape index (κ1) is 14.8. The molecule has 2 atom stereocenters. The van der Waals surface area contributed by atoms with E-state index < -0.39 is 29.7 Å². The summed E-state index contributed by atoms with van der Waals surface area (Å²) in [6, 6.07) is 12.0. The average Bonchev–Trinajstić information content (AvgIpc) is 3.09. The molecule has 0 bridgehead atoms. The molecule has 0 radical (unpaired) electrons. The van der Waals surface area contributed by atoms with Crippen molar-refractivity contribution >= 4 is 34.8 Å². The van der Waals surface area contributed by atoms with Gasteiger partial charge in [0, 0.05) is 10.6 Å². The minimum Gasteiger partial charge on any atom is -0.381 e. The topological polar surface area (TPSA) is 59.0 Å². The van der Waals surface area contributed by atoms with Gasteiger partial charge in [0.15, 0.2) is 0 Å². The third-order valence-corrected chi connectivity index (χ3v) is 4.25. The molecule has 0 N–H and O–H groups in total. The fraction of sp³-hybridized carbons (Fsp3) is 0.118. The van der Waals surface area contributed by atoms with Gasteiger partial charge in [-0.15, -0.1) is 0 Å². The van der Waals surface area contributed by atoms with Gasteiger partial charge in [-0.25, -0.2) is 9.29 Å². The molecule has 2 aliphatic heterocycles. The first-order chi connectivity index (χ1) is 11.6. The van der Waals surface area contributed by atoms with Gasteiger partial charge >= 0.3 is 0 Å². The molecule has 7 heteroatoms. The zero-order valence-corrected chi connectivity index (χ0v) is 12.9. The van der Waals surface area contributed by atoms with Gasteiger partial charge < -0.3 is 4.84 Å². The molecule has 1 fully saturated rings. The Hall–Kier alpha value is -2.73. The smallest absolute Gasteiger partial charge is 0.278 e. The quantitative estimate of drug-likeness (QED) is 0.787. The lowest BCUT2D eigenvalue weighted by molar-refractivity contribution is -0.126. The number of nitrogens with zero attached hydrogens (tertiary/aromatic N) is 2. The zero-order chi connectivity index (χ0) is 16.8. The third kappa shape index (κ3) is 2.18. The number of oxime groups is 1. The number of benzene rings is 2. The first-order valence-corrected chi connectivity index (χ1v) is 7.57. The van der Waals surface area contributed by atoms with E-state index >= 15 is 0 Å². The van der Waals surface area contributed by atoms with Crippen LogP contribution in [0.3, 0.4) is 0 Å². The molecule has 2 aromatic carbocycles. The molecule has 2 unspecified atom stereocenters. The van der Waals surface area contributed by atoms with Gasteiger partial charge in [-0.05, 0) is 30.3 Å². The van der Waals surface area contributed by atoms with Crippen molar-refractivity contribution < 1.29 is 18.8 Å². The number of rotatable bonds is 2. The van der Waals surface area contributed by atoms with E-state index in [0.29, 0.717) is 22.0 Å². The number of hydrogen-bond donors (Lipinski definition) is 0. The van der Waals surface area contributed by atoms with Gasteiger partial charge in [-0.2, -0.15) is 0 Å². The Bertz CT molecular complexity index is 882. The lowest BCUT2D eigenvalue weighted by Gasteiger charge is -2.15. The zero-order valence-electron chi connectivity index (χ0n) is 12.1. The summed E-state index contributed by atoms with van der Waals surface area (Å²) in [4.78, 5) is 31.6. The number of hydrogen-bond acceptors (Lipinski definition) is 4. The molecule has 0 aliphatic carbocycles. The van der Waals surface area contributed by atoms with E-state index in [-0.39, 0.29) is 0 Å². The fourth-order valence-electron chi connectivity index (χ4n) is 2.91. The number of amides is 2. The minimum absolute atomic E-state index is 0.322. The van der Waals surface area contributed by atoms with Crippen LogP contribution < -0.4 is 4.90 Å². The second-order valence-electron chi connectivity index (χ2n) is 5.48. The largest absolute Gasteiger partial charge is 0.381 e. The Balaban J connectivity index is 1.71. The van der Waals surface area contributed by atoms with Crippen LogP contribution in [0.1, 0.15) is 5.56 Å². The molecule has 2 amide bonds. The molecule has 0 aromatic heterocycles. The van der Waals surface area contributed by atoms with E-state index in [1.165, 1.54) is 30.3 Å². The van der Waals surface area contributed by atoms with Crippen molar-refractivity contribution in [3.05, 3.63) is 64.9 Å². The van der Waals surface area contributed by atoms with Crippen LogP contribution in [0, 0.1) is 11.7 Å². The van der Waals surface area contributed by atoms with E-state index in [9.17, 15) is 14.0 Å². The summed E-state index contributed by atoms with van der Waals surface area (Å²) < 4.78 is 13.1. The molecule has 1 saturated heterocycles.